The van der Waals surface area contributed by atoms with E-state index in [0.29, 0.717) is 12.3 Å². The van der Waals surface area contributed by atoms with Gasteiger partial charge >= 0.3 is 0 Å². The lowest BCUT2D eigenvalue weighted by molar-refractivity contribution is -0.126. The lowest BCUT2D eigenvalue weighted by Gasteiger charge is -2.33. The highest BCUT2D eigenvalue weighted by atomic mass is 16.3. The number of fused-ring (bicyclic) bond motifs is 2. The number of carbonyl (C=O) groups excluding carboxylic acids is 1. The number of aromatic hydroxyl groups is 1. The number of nitrogens with one attached hydrogen (secondary N) is 1. The number of hydrogen-bond donors (Lipinski definition) is 2. The van der Waals surface area contributed by atoms with Gasteiger partial charge in [-0.3, -0.25) is 4.79 Å². The smallest absolute Gasteiger partial charge is 0.223 e. The van der Waals surface area contributed by atoms with Crippen LogP contribution in [0.3, 0.4) is 0 Å². The van der Waals surface area contributed by atoms with Crippen LogP contribution in [0.4, 0.5) is 0 Å². The maximum atomic E-state index is 11.5. The number of phenolic OH excluding ortho intramolecular Hbond substituents is 1. The number of amides is 1. The Kier molecular flexibility index (Phi) is 1.96. The highest BCUT2D eigenvalue weighted by Crippen LogP contribution is 2.46. The quantitative estimate of drug-likeness (QED) is 0.750. The van der Waals surface area contributed by atoms with Crippen molar-refractivity contribution in [2.75, 3.05) is 6.54 Å². The number of phenols is 1. The molecule has 1 heterocycles. The van der Waals surface area contributed by atoms with E-state index < -0.39 is 0 Å². The van der Waals surface area contributed by atoms with E-state index in [4.69, 9.17) is 0 Å². The van der Waals surface area contributed by atoms with E-state index in [0.717, 1.165) is 24.8 Å². The molecule has 2 aliphatic rings. The number of carbonyl (C=O) groups is 1. The molecule has 1 aromatic rings. The number of rotatable bonds is 1. The third kappa shape index (κ3) is 1.31. The summed E-state index contributed by atoms with van der Waals surface area (Å²) < 4.78 is 0. The second-order valence-electron chi connectivity index (χ2n) is 4.99. The van der Waals surface area contributed by atoms with Crippen LogP contribution >= 0.6 is 0 Å². The molecule has 2 unspecified atom stereocenters. The highest BCUT2D eigenvalue weighted by molar-refractivity contribution is 5.80. The molecule has 3 rings (SSSR count). The van der Waals surface area contributed by atoms with Gasteiger partial charge in [0.2, 0.25) is 5.91 Å². The Morgan fingerprint density at radius 3 is 3.12 bits per heavy atom. The van der Waals surface area contributed by atoms with E-state index in [-0.39, 0.29) is 17.2 Å². The van der Waals surface area contributed by atoms with Crippen LogP contribution in [-0.4, -0.2) is 17.6 Å². The SMILES string of the molecule is O=C1NCC2(c3cccc(O)c3)CCC1C2. The van der Waals surface area contributed by atoms with E-state index in [2.05, 4.69) is 11.4 Å². The molecular formula is C13H15NO2. The molecule has 1 aromatic carbocycles. The molecule has 1 amide bonds. The first-order valence-corrected chi connectivity index (χ1v) is 5.77. The summed E-state index contributed by atoms with van der Waals surface area (Å²) in [6, 6.07) is 7.45. The van der Waals surface area contributed by atoms with Crippen molar-refractivity contribution in [3.05, 3.63) is 29.8 Å². The van der Waals surface area contributed by atoms with Crippen molar-refractivity contribution < 1.29 is 9.90 Å². The van der Waals surface area contributed by atoms with Gasteiger partial charge in [-0.1, -0.05) is 12.1 Å². The van der Waals surface area contributed by atoms with Crippen LogP contribution in [-0.2, 0) is 10.2 Å². The Balaban J connectivity index is 1.98. The van der Waals surface area contributed by atoms with Gasteiger partial charge < -0.3 is 10.4 Å². The average Bonchev–Trinajstić information content (AvgIpc) is 2.66. The molecule has 1 aliphatic heterocycles. The molecule has 84 valence electrons. The molecular weight excluding hydrogens is 202 g/mol. The van der Waals surface area contributed by atoms with Gasteiger partial charge in [-0.2, -0.15) is 0 Å². The first kappa shape index (κ1) is 9.70. The van der Waals surface area contributed by atoms with Gasteiger partial charge in [0, 0.05) is 17.9 Å². The second kappa shape index (κ2) is 3.24. The van der Waals surface area contributed by atoms with Crippen molar-refractivity contribution in [3.8, 4) is 5.75 Å². The maximum Gasteiger partial charge on any atom is 0.223 e. The minimum Gasteiger partial charge on any atom is -0.508 e. The predicted molar refractivity (Wildman–Crippen MR) is 60.1 cm³/mol. The molecule has 2 atom stereocenters. The number of benzene rings is 1. The minimum atomic E-state index is 0.0668. The summed E-state index contributed by atoms with van der Waals surface area (Å²) in [6.45, 7) is 0.714. The lowest BCUT2D eigenvalue weighted by Crippen LogP contribution is -2.45. The summed E-state index contributed by atoms with van der Waals surface area (Å²) in [5, 5.41) is 12.5. The van der Waals surface area contributed by atoms with Crippen LogP contribution in [0, 0.1) is 5.92 Å². The van der Waals surface area contributed by atoms with E-state index in [9.17, 15) is 9.90 Å². The van der Waals surface area contributed by atoms with E-state index in [1.165, 1.54) is 0 Å². The van der Waals surface area contributed by atoms with Crippen LogP contribution in [0.5, 0.6) is 5.75 Å². The number of piperidine rings is 1. The van der Waals surface area contributed by atoms with Crippen molar-refractivity contribution in [1.82, 2.24) is 5.32 Å². The van der Waals surface area contributed by atoms with E-state index >= 15 is 0 Å². The molecule has 0 spiro atoms. The molecule has 1 saturated heterocycles. The maximum absolute atomic E-state index is 11.5. The monoisotopic (exact) mass is 217 g/mol. The Morgan fingerprint density at radius 2 is 2.31 bits per heavy atom. The average molecular weight is 217 g/mol. The van der Waals surface area contributed by atoms with E-state index in [1.54, 1.807) is 6.07 Å². The van der Waals surface area contributed by atoms with Gasteiger partial charge in [0.05, 0.1) is 0 Å². The van der Waals surface area contributed by atoms with Gasteiger partial charge in [0.25, 0.3) is 0 Å². The molecule has 1 aliphatic carbocycles. The zero-order chi connectivity index (χ0) is 11.2. The summed E-state index contributed by atoms with van der Waals surface area (Å²) >= 11 is 0. The number of hydrogen-bond acceptors (Lipinski definition) is 2. The van der Waals surface area contributed by atoms with Crippen LogP contribution < -0.4 is 5.32 Å². The summed E-state index contributed by atoms with van der Waals surface area (Å²) in [5.41, 5.74) is 1.23. The van der Waals surface area contributed by atoms with Crippen molar-refractivity contribution in [3.63, 3.8) is 0 Å². The standard InChI is InChI=1S/C13H15NO2/c15-11-3-1-2-10(6-11)13-5-4-9(7-13)12(16)14-8-13/h1-3,6,9,15H,4-5,7-8H2,(H,14,16). The first-order chi connectivity index (χ1) is 7.70. The zero-order valence-corrected chi connectivity index (χ0v) is 9.07. The zero-order valence-electron chi connectivity index (χ0n) is 9.07. The predicted octanol–water partition coefficient (Wildman–Crippen LogP) is 1.56. The Bertz CT molecular complexity index is 443. The van der Waals surface area contributed by atoms with Gasteiger partial charge in [-0.05, 0) is 37.0 Å². The van der Waals surface area contributed by atoms with Crippen LogP contribution in [0.25, 0.3) is 0 Å². The fourth-order valence-electron chi connectivity index (χ4n) is 3.11. The van der Waals surface area contributed by atoms with Crippen molar-refractivity contribution in [2.45, 2.75) is 24.7 Å². The van der Waals surface area contributed by atoms with Crippen LogP contribution in [0.2, 0.25) is 0 Å². The molecule has 2 N–H and O–H groups in total. The molecule has 1 saturated carbocycles. The topological polar surface area (TPSA) is 49.3 Å². The largest absolute Gasteiger partial charge is 0.508 e. The summed E-state index contributed by atoms with van der Waals surface area (Å²) in [5.74, 6) is 0.691. The van der Waals surface area contributed by atoms with Gasteiger partial charge in [0.15, 0.2) is 0 Å². The summed E-state index contributed by atoms with van der Waals surface area (Å²) in [7, 11) is 0. The fourth-order valence-corrected chi connectivity index (χ4v) is 3.11. The van der Waals surface area contributed by atoms with Crippen molar-refractivity contribution in [2.24, 2.45) is 5.92 Å². The summed E-state index contributed by atoms with van der Waals surface area (Å²) in [4.78, 5) is 11.5. The normalized spacial score (nSPS) is 32.5. The Labute approximate surface area is 94.5 Å². The van der Waals surface area contributed by atoms with Crippen LogP contribution in [0.1, 0.15) is 24.8 Å². The Morgan fingerprint density at radius 1 is 1.44 bits per heavy atom. The van der Waals surface area contributed by atoms with Gasteiger partial charge in [-0.15, -0.1) is 0 Å². The van der Waals surface area contributed by atoms with Crippen LogP contribution in [0.15, 0.2) is 24.3 Å². The molecule has 16 heavy (non-hydrogen) atoms. The minimum absolute atomic E-state index is 0.0668. The molecule has 3 heteroatoms. The molecule has 2 bridgehead atoms. The molecule has 2 fully saturated rings. The molecule has 3 nitrogen and oxygen atoms in total. The molecule has 0 radical (unpaired) electrons. The van der Waals surface area contributed by atoms with E-state index in [1.807, 2.05) is 12.1 Å². The van der Waals surface area contributed by atoms with Crippen molar-refractivity contribution in [1.29, 1.82) is 0 Å². The van der Waals surface area contributed by atoms with Gasteiger partial charge in [0.1, 0.15) is 5.75 Å². The Hall–Kier alpha value is -1.51. The van der Waals surface area contributed by atoms with Gasteiger partial charge in [-0.25, -0.2) is 0 Å². The first-order valence-electron chi connectivity index (χ1n) is 5.77. The third-order valence-corrected chi connectivity index (χ3v) is 4.04. The molecule has 0 aromatic heterocycles. The second-order valence-corrected chi connectivity index (χ2v) is 4.99. The summed E-state index contributed by atoms with van der Waals surface area (Å²) in [6.07, 6.45) is 2.95. The highest BCUT2D eigenvalue weighted by Gasteiger charge is 2.46. The van der Waals surface area contributed by atoms with Crippen molar-refractivity contribution >= 4 is 5.91 Å². The third-order valence-electron chi connectivity index (χ3n) is 4.04. The lowest BCUT2D eigenvalue weighted by atomic mass is 9.76. The fraction of sp³-hybridized carbons (Fsp3) is 0.462.